The van der Waals surface area contributed by atoms with Gasteiger partial charge in [-0.3, -0.25) is 4.79 Å². The molecule has 1 aliphatic heterocycles. The van der Waals surface area contributed by atoms with Crippen molar-refractivity contribution < 1.29 is 9.53 Å². The summed E-state index contributed by atoms with van der Waals surface area (Å²) in [5.41, 5.74) is 0.810. The molecule has 0 bridgehead atoms. The first-order chi connectivity index (χ1) is 9.05. The number of rotatable bonds is 4. The molecule has 104 valence electrons. The molecule has 4 heteroatoms. The Hall–Kier alpha value is -1.55. The second kappa shape index (κ2) is 5.61. The van der Waals surface area contributed by atoms with Gasteiger partial charge in [0.05, 0.1) is 18.6 Å². The number of nitrogens with one attached hydrogen (secondary N) is 2. The Morgan fingerprint density at radius 3 is 2.63 bits per heavy atom. The van der Waals surface area contributed by atoms with Crippen molar-refractivity contribution in [3.8, 4) is 5.75 Å². The van der Waals surface area contributed by atoms with E-state index in [4.69, 9.17) is 4.74 Å². The van der Waals surface area contributed by atoms with Crippen LogP contribution in [0.25, 0.3) is 0 Å². The van der Waals surface area contributed by atoms with Crippen molar-refractivity contribution in [3.05, 3.63) is 29.8 Å². The Labute approximate surface area is 114 Å². The molecule has 0 aromatic heterocycles. The second-order valence-corrected chi connectivity index (χ2v) is 5.46. The van der Waals surface area contributed by atoms with E-state index in [0.29, 0.717) is 0 Å². The quantitative estimate of drug-likeness (QED) is 0.871. The van der Waals surface area contributed by atoms with Gasteiger partial charge in [-0.05, 0) is 44.5 Å². The van der Waals surface area contributed by atoms with E-state index in [1.165, 1.54) is 0 Å². The molecule has 1 unspecified atom stereocenters. The Balaban J connectivity index is 1.99. The van der Waals surface area contributed by atoms with Crippen molar-refractivity contribution in [2.24, 2.45) is 5.41 Å². The number of benzene rings is 1. The van der Waals surface area contributed by atoms with E-state index in [0.717, 1.165) is 30.8 Å². The number of amides is 1. The zero-order valence-electron chi connectivity index (χ0n) is 11.8. The normalized spacial score (nSPS) is 23.9. The van der Waals surface area contributed by atoms with Gasteiger partial charge in [-0.1, -0.05) is 12.1 Å². The standard InChI is InChI=1S/C15H22N2O2/c1-11(12-4-6-13(19-3)7-5-12)17-14(18)15(2)8-9-16-10-15/h4-7,11,16H,8-10H2,1-3H3,(H,17,18)/t11-,15?/m1/s1. The van der Waals surface area contributed by atoms with E-state index in [2.05, 4.69) is 10.6 Å². The number of methoxy groups -OCH3 is 1. The monoisotopic (exact) mass is 262 g/mol. The highest BCUT2D eigenvalue weighted by atomic mass is 16.5. The minimum absolute atomic E-state index is 0.0100. The van der Waals surface area contributed by atoms with E-state index < -0.39 is 0 Å². The molecular weight excluding hydrogens is 240 g/mol. The minimum Gasteiger partial charge on any atom is -0.497 e. The van der Waals surface area contributed by atoms with Crippen molar-refractivity contribution in [1.82, 2.24) is 10.6 Å². The fraction of sp³-hybridized carbons (Fsp3) is 0.533. The van der Waals surface area contributed by atoms with Crippen LogP contribution in [0, 0.1) is 5.41 Å². The molecule has 0 radical (unpaired) electrons. The average molecular weight is 262 g/mol. The predicted molar refractivity (Wildman–Crippen MR) is 75.1 cm³/mol. The summed E-state index contributed by atoms with van der Waals surface area (Å²) in [5.74, 6) is 0.954. The van der Waals surface area contributed by atoms with Gasteiger partial charge in [-0.2, -0.15) is 0 Å². The summed E-state index contributed by atoms with van der Waals surface area (Å²) in [6.45, 7) is 5.70. The maximum atomic E-state index is 12.3. The third-order valence-electron chi connectivity index (χ3n) is 3.88. The van der Waals surface area contributed by atoms with Gasteiger partial charge < -0.3 is 15.4 Å². The van der Waals surface area contributed by atoms with Crippen molar-refractivity contribution in [1.29, 1.82) is 0 Å². The minimum atomic E-state index is -0.277. The molecule has 1 heterocycles. The Bertz CT molecular complexity index is 436. The lowest BCUT2D eigenvalue weighted by atomic mass is 9.88. The van der Waals surface area contributed by atoms with Gasteiger partial charge in [0.25, 0.3) is 0 Å². The summed E-state index contributed by atoms with van der Waals surface area (Å²) in [5, 5.41) is 6.34. The van der Waals surface area contributed by atoms with Crippen LogP contribution in [0.3, 0.4) is 0 Å². The largest absolute Gasteiger partial charge is 0.497 e. The molecule has 1 amide bonds. The van der Waals surface area contributed by atoms with Crippen LogP contribution in [0.5, 0.6) is 5.75 Å². The highest BCUT2D eigenvalue weighted by Crippen LogP contribution is 2.26. The first-order valence-corrected chi connectivity index (χ1v) is 6.71. The van der Waals surface area contributed by atoms with E-state index >= 15 is 0 Å². The maximum Gasteiger partial charge on any atom is 0.227 e. The van der Waals surface area contributed by atoms with E-state index in [1.54, 1.807) is 7.11 Å². The van der Waals surface area contributed by atoms with Crippen LogP contribution in [0.1, 0.15) is 31.9 Å². The fourth-order valence-electron chi connectivity index (χ4n) is 2.36. The number of carbonyl (C=O) groups excluding carboxylic acids is 1. The molecule has 0 saturated carbocycles. The summed E-state index contributed by atoms with van der Waals surface area (Å²) in [7, 11) is 1.65. The number of carbonyl (C=O) groups is 1. The van der Waals surface area contributed by atoms with Gasteiger partial charge in [-0.15, -0.1) is 0 Å². The number of hydrogen-bond acceptors (Lipinski definition) is 3. The lowest BCUT2D eigenvalue weighted by Gasteiger charge is -2.24. The molecule has 0 aliphatic carbocycles. The summed E-state index contributed by atoms with van der Waals surface area (Å²) in [6.07, 6.45) is 0.897. The smallest absolute Gasteiger partial charge is 0.227 e. The van der Waals surface area contributed by atoms with E-state index in [9.17, 15) is 4.79 Å². The van der Waals surface area contributed by atoms with Crippen molar-refractivity contribution in [2.75, 3.05) is 20.2 Å². The molecule has 1 aliphatic rings. The first kappa shape index (κ1) is 13.9. The van der Waals surface area contributed by atoms with Gasteiger partial charge in [0, 0.05) is 6.54 Å². The second-order valence-electron chi connectivity index (χ2n) is 5.46. The molecule has 2 rings (SSSR count). The highest BCUT2D eigenvalue weighted by Gasteiger charge is 2.36. The highest BCUT2D eigenvalue weighted by molar-refractivity contribution is 5.83. The van der Waals surface area contributed by atoms with Crippen molar-refractivity contribution >= 4 is 5.91 Å². The molecular formula is C15H22N2O2. The van der Waals surface area contributed by atoms with Crippen LogP contribution in [0.2, 0.25) is 0 Å². The third-order valence-corrected chi connectivity index (χ3v) is 3.88. The van der Waals surface area contributed by atoms with Gasteiger partial charge in [0.2, 0.25) is 5.91 Å². The summed E-state index contributed by atoms with van der Waals surface area (Å²) >= 11 is 0. The van der Waals surface area contributed by atoms with E-state index in [1.807, 2.05) is 38.1 Å². The zero-order chi connectivity index (χ0) is 13.9. The van der Waals surface area contributed by atoms with Crippen molar-refractivity contribution in [2.45, 2.75) is 26.3 Å². The third kappa shape index (κ3) is 3.07. The molecule has 2 N–H and O–H groups in total. The summed E-state index contributed by atoms with van der Waals surface area (Å²) in [4.78, 5) is 12.3. The van der Waals surface area contributed by atoms with Gasteiger partial charge in [0.1, 0.15) is 5.75 Å². The SMILES string of the molecule is COc1ccc([C@@H](C)NC(=O)C2(C)CCNC2)cc1. The van der Waals surface area contributed by atoms with Gasteiger partial charge in [-0.25, -0.2) is 0 Å². The maximum absolute atomic E-state index is 12.3. The number of ether oxygens (including phenoxy) is 1. The topological polar surface area (TPSA) is 50.4 Å². The van der Waals surface area contributed by atoms with E-state index in [-0.39, 0.29) is 17.4 Å². The predicted octanol–water partition coefficient (Wildman–Crippen LogP) is 1.87. The van der Waals surface area contributed by atoms with Gasteiger partial charge in [0.15, 0.2) is 0 Å². The lowest BCUT2D eigenvalue weighted by Crippen LogP contribution is -2.41. The van der Waals surface area contributed by atoms with Crippen LogP contribution in [0.4, 0.5) is 0 Å². The Morgan fingerprint density at radius 1 is 1.42 bits per heavy atom. The number of hydrogen-bond donors (Lipinski definition) is 2. The molecule has 1 fully saturated rings. The summed E-state index contributed by atoms with van der Waals surface area (Å²) in [6, 6.07) is 7.81. The van der Waals surface area contributed by atoms with Crippen LogP contribution < -0.4 is 15.4 Å². The fourth-order valence-corrected chi connectivity index (χ4v) is 2.36. The molecule has 4 nitrogen and oxygen atoms in total. The Morgan fingerprint density at radius 2 is 2.11 bits per heavy atom. The molecule has 0 spiro atoms. The zero-order valence-corrected chi connectivity index (χ0v) is 11.8. The summed E-state index contributed by atoms with van der Waals surface area (Å²) < 4.78 is 5.13. The van der Waals surface area contributed by atoms with Crippen LogP contribution in [-0.2, 0) is 4.79 Å². The average Bonchev–Trinajstić information content (AvgIpc) is 2.87. The molecule has 1 saturated heterocycles. The Kier molecular flexibility index (Phi) is 4.10. The lowest BCUT2D eigenvalue weighted by molar-refractivity contribution is -0.129. The molecule has 19 heavy (non-hydrogen) atoms. The molecule has 2 atom stereocenters. The molecule has 1 aromatic carbocycles. The van der Waals surface area contributed by atoms with Crippen LogP contribution in [0.15, 0.2) is 24.3 Å². The van der Waals surface area contributed by atoms with Crippen LogP contribution in [-0.4, -0.2) is 26.1 Å². The van der Waals surface area contributed by atoms with Crippen molar-refractivity contribution in [3.63, 3.8) is 0 Å². The molecule has 1 aromatic rings. The van der Waals surface area contributed by atoms with Gasteiger partial charge >= 0.3 is 0 Å². The van der Waals surface area contributed by atoms with Crippen LogP contribution >= 0.6 is 0 Å². The first-order valence-electron chi connectivity index (χ1n) is 6.71.